The molecule has 1 aromatic rings. The molecule has 1 rings (SSSR count). The van der Waals surface area contributed by atoms with Gasteiger partial charge in [0, 0.05) is 22.0 Å². The molecule has 0 aliphatic rings. The molecule has 3 N–H and O–H groups in total. The van der Waals surface area contributed by atoms with Gasteiger partial charge in [-0.3, -0.25) is 4.79 Å². The van der Waals surface area contributed by atoms with Crippen LogP contribution < -0.4 is 11.1 Å². The van der Waals surface area contributed by atoms with Gasteiger partial charge in [0.1, 0.15) is 0 Å². The molecular weight excluding hydrogens is 340 g/mol. The van der Waals surface area contributed by atoms with Gasteiger partial charge in [0.25, 0.3) is 0 Å². The SMILES string of the molecule is CC(N)C(C)C(=O)NC(C)(C)Cc1ccc(Br)cc1.Cl. The Morgan fingerprint density at radius 2 is 1.80 bits per heavy atom. The van der Waals surface area contributed by atoms with Gasteiger partial charge in [-0.1, -0.05) is 35.0 Å². The zero-order chi connectivity index (χ0) is 14.6. The first-order valence-electron chi connectivity index (χ1n) is 6.53. The highest BCUT2D eigenvalue weighted by atomic mass is 79.9. The zero-order valence-corrected chi connectivity index (χ0v) is 14.8. The number of nitrogens with two attached hydrogens (primary N) is 1. The summed E-state index contributed by atoms with van der Waals surface area (Å²) in [6.45, 7) is 7.77. The molecule has 0 heterocycles. The van der Waals surface area contributed by atoms with E-state index in [2.05, 4.69) is 33.4 Å². The van der Waals surface area contributed by atoms with Crippen LogP contribution in [0.2, 0.25) is 0 Å². The number of benzene rings is 1. The van der Waals surface area contributed by atoms with Crippen molar-refractivity contribution in [2.24, 2.45) is 11.7 Å². The second-order valence-corrected chi connectivity index (χ2v) is 6.74. The summed E-state index contributed by atoms with van der Waals surface area (Å²) < 4.78 is 1.06. The summed E-state index contributed by atoms with van der Waals surface area (Å²) >= 11 is 3.42. The minimum Gasteiger partial charge on any atom is -0.351 e. The van der Waals surface area contributed by atoms with E-state index in [-0.39, 0.29) is 35.8 Å². The van der Waals surface area contributed by atoms with Crippen molar-refractivity contribution in [3.63, 3.8) is 0 Å². The molecule has 114 valence electrons. The van der Waals surface area contributed by atoms with E-state index < -0.39 is 0 Å². The molecular formula is C15H24BrClN2O. The minimum absolute atomic E-state index is 0. The van der Waals surface area contributed by atoms with Crippen LogP contribution in [0.5, 0.6) is 0 Å². The molecule has 0 radical (unpaired) electrons. The van der Waals surface area contributed by atoms with Crippen LogP contribution >= 0.6 is 28.3 Å². The van der Waals surface area contributed by atoms with E-state index >= 15 is 0 Å². The van der Waals surface area contributed by atoms with Crippen molar-refractivity contribution in [1.82, 2.24) is 5.32 Å². The quantitative estimate of drug-likeness (QED) is 0.843. The highest BCUT2D eigenvalue weighted by Crippen LogP contribution is 2.17. The minimum atomic E-state index is -0.284. The molecule has 0 aliphatic carbocycles. The molecule has 5 heteroatoms. The normalized spacial score (nSPS) is 14.1. The third kappa shape index (κ3) is 6.25. The maximum atomic E-state index is 12.0. The standard InChI is InChI=1S/C15H23BrN2O.ClH/c1-10(11(2)17)14(19)18-15(3,4)9-12-5-7-13(16)8-6-12;/h5-8,10-11H,9,17H2,1-4H3,(H,18,19);1H. The van der Waals surface area contributed by atoms with Crippen molar-refractivity contribution in [1.29, 1.82) is 0 Å². The Morgan fingerprint density at radius 3 is 2.25 bits per heavy atom. The highest BCUT2D eigenvalue weighted by molar-refractivity contribution is 9.10. The number of carbonyl (C=O) groups is 1. The van der Waals surface area contributed by atoms with E-state index in [1.807, 2.05) is 39.8 Å². The zero-order valence-electron chi connectivity index (χ0n) is 12.4. The van der Waals surface area contributed by atoms with Gasteiger partial charge in [0.05, 0.1) is 0 Å². The van der Waals surface area contributed by atoms with E-state index in [0.29, 0.717) is 0 Å². The van der Waals surface area contributed by atoms with Crippen LogP contribution in [0.1, 0.15) is 33.3 Å². The largest absolute Gasteiger partial charge is 0.351 e. The lowest BCUT2D eigenvalue weighted by atomic mass is 9.93. The molecule has 0 fully saturated rings. The Hall–Kier alpha value is -0.580. The monoisotopic (exact) mass is 362 g/mol. The number of rotatable bonds is 5. The summed E-state index contributed by atoms with van der Waals surface area (Å²) in [5.74, 6) is -0.165. The topological polar surface area (TPSA) is 55.1 Å². The maximum Gasteiger partial charge on any atom is 0.224 e. The van der Waals surface area contributed by atoms with Crippen LogP contribution in [0, 0.1) is 5.92 Å². The predicted molar refractivity (Wildman–Crippen MR) is 90.1 cm³/mol. The van der Waals surface area contributed by atoms with Gasteiger partial charge >= 0.3 is 0 Å². The third-order valence-electron chi connectivity index (χ3n) is 3.22. The lowest BCUT2D eigenvalue weighted by molar-refractivity contribution is -0.126. The summed E-state index contributed by atoms with van der Waals surface area (Å²) in [5.41, 5.74) is 6.67. The average molecular weight is 364 g/mol. The molecule has 0 saturated carbocycles. The fourth-order valence-electron chi connectivity index (χ4n) is 1.84. The lowest BCUT2D eigenvalue weighted by Gasteiger charge is -2.29. The van der Waals surface area contributed by atoms with Crippen molar-refractivity contribution in [3.8, 4) is 0 Å². The number of hydrogen-bond acceptors (Lipinski definition) is 2. The Bertz CT molecular complexity index is 432. The first-order valence-corrected chi connectivity index (χ1v) is 7.32. The van der Waals surface area contributed by atoms with Gasteiger partial charge in [-0.05, 0) is 44.9 Å². The molecule has 20 heavy (non-hydrogen) atoms. The summed E-state index contributed by atoms with van der Waals surface area (Å²) in [6.07, 6.45) is 0.789. The molecule has 1 aromatic carbocycles. The van der Waals surface area contributed by atoms with E-state index in [0.717, 1.165) is 10.9 Å². The summed E-state index contributed by atoms with van der Waals surface area (Å²) in [6, 6.07) is 8.01. The lowest BCUT2D eigenvalue weighted by Crippen LogP contribution is -2.49. The predicted octanol–water partition coefficient (Wildman–Crippen LogP) is 3.29. The molecule has 0 spiro atoms. The number of amides is 1. The van der Waals surface area contributed by atoms with Gasteiger partial charge in [-0.15, -0.1) is 12.4 Å². The highest BCUT2D eigenvalue weighted by Gasteiger charge is 2.25. The molecule has 3 nitrogen and oxygen atoms in total. The molecule has 1 amide bonds. The second-order valence-electron chi connectivity index (χ2n) is 5.82. The van der Waals surface area contributed by atoms with E-state index in [4.69, 9.17) is 5.73 Å². The van der Waals surface area contributed by atoms with Crippen LogP contribution in [0.15, 0.2) is 28.7 Å². The van der Waals surface area contributed by atoms with Crippen LogP contribution in [0.25, 0.3) is 0 Å². The molecule has 0 aromatic heterocycles. The van der Waals surface area contributed by atoms with Crippen molar-refractivity contribution in [2.75, 3.05) is 0 Å². The van der Waals surface area contributed by atoms with E-state index in [9.17, 15) is 4.79 Å². The Kier molecular flexibility index (Phi) is 7.78. The second kappa shape index (κ2) is 8.01. The number of halogens is 2. The number of carbonyl (C=O) groups excluding carboxylic acids is 1. The molecule has 2 unspecified atom stereocenters. The number of hydrogen-bond donors (Lipinski definition) is 2. The van der Waals surface area contributed by atoms with Crippen molar-refractivity contribution in [3.05, 3.63) is 34.3 Å². The first-order chi connectivity index (χ1) is 8.71. The first kappa shape index (κ1) is 19.4. The maximum absolute atomic E-state index is 12.0. The molecule has 0 saturated heterocycles. The van der Waals surface area contributed by atoms with Crippen LogP contribution in [0.4, 0.5) is 0 Å². The van der Waals surface area contributed by atoms with Crippen LogP contribution in [-0.2, 0) is 11.2 Å². The summed E-state index contributed by atoms with van der Waals surface area (Å²) in [4.78, 5) is 12.0. The Balaban J connectivity index is 0.00000361. The van der Waals surface area contributed by atoms with Gasteiger partial charge < -0.3 is 11.1 Å². The third-order valence-corrected chi connectivity index (χ3v) is 3.75. The van der Waals surface area contributed by atoms with E-state index in [1.54, 1.807) is 0 Å². The van der Waals surface area contributed by atoms with Gasteiger partial charge in [0.2, 0.25) is 5.91 Å². The smallest absolute Gasteiger partial charge is 0.224 e. The fraction of sp³-hybridized carbons (Fsp3) is 0.533. The van der Waals surface area contributed by atoms with Crippen molar-refractivity contribution in [2.45, 2.75) is 45.7 Å². The Morgan fingerprint density at radius 1 is 1.30 bits per heavy atom. The summed E-state index contributed by atoms with van der Waals surface area (Å²) in [7, 11) is 0. The van der Waals surface area contributed by atoms with Gasteiger partial charge in [-0.2, -0.15) is 0 Å². The molecule has 0 bridgehead atoms. The fourth-order valence-corrected chi connectivity index (χ4v) is 2.11. The Labute approximate surface area is 136 Å². The van der Waals surface area contributed by atoms with Crippen LogP contribution in [0.3, 0.4) is 0 Å². The van der Waals surface area contributed by atoms with Gasteiger partial charge in [-0.25, -0.2) is 0 Å². The van der Waals surface area contributed by atoms with Crippen LogP contribution in [-0.4, -0.2) is 17.5 Å². The molecule has 0 aliphatic heterocycles. The molecule has 2 atom stereocenters. The summed E-state index contributed by atoms with van der Waals surface area (Å²) in [5, 5.41) is 3.07. The van der Waals surface area contributed by atoms with Crippen molar-refractivity contribution < 1.29 is 4.79 Å². The number of nitrogens with one attached hydrogen (secondary N) is 1. The van der Waals surface area contributed by atoms with Gasteiger partial charge in [0.15, 0.2) is 0 Å². The average Bonchev–Trinajstić information content (AvgIpc) is 2.30. The van der Waals surface area contributed by atoms with Crippen molar-refractivity contribution >= 4 is 34.2 Å². The van der Waals surface area contributed by atoms with E-state index in [1.165, 1.54) is 5.56 Å².